The number of nitrogens with zero attached hydrogens (tertiary/aromatic N) is 4. The van der Waals surface area contributed by atoms with E-state index in [-0.39, 0.29) is 95.0 Å². The van der Waals surface area contributed by atoms with Gasteiger partial charge in [-0.05, 0) is 87.9 Å². The zero-order chi connectivity index (χ0) is 74.6. The van der Waals surface area contributed by atoms with E-state index in [0.717, 1.165) is 6.92 Å². The van der Waals surface area contributed by atoms with Crippen molar-refractivity contribution >= 4 is 125 Å². The fourth-order valence-corrected chi connectivity index (χ4v) is 12.4. The molecule has 6 rings (SSSR count). The average Bonchev–Trinajstić information content (AvgIpc) is 1.65. The van der Waals surface area contributed by atoms with Crippen LogP contribution in [0.1, 0.15) is 101 Å². The number of carbonyl (C=O) groups is 14. The van der Waals surface area contributed by atoms with Crippen molar-refractivity contribution in [2.24, 2.45) is 27.9 Å². The fourth-order valence-electron chi connectivity index (χ4n) is 11.9. The Labute approximate surface area is 597 Å². The normalized spacial score (nSPS) is 16.7. The minimum absolute atomic E-state index is 0.0368. The first-order valence-electron chi connectivity index (χ1n) is 33.3. The summed E-state index contributed by atoms with van der Waals surface area (Å²) in [4.78, 5) is 208. The van der Waals surface area contributed by atoms with Gasteiger partial charge in [-0.25, -0.2) is 4.98 Å². The van der Waals surface area contributed by atoms with Crippen LogP contribution < -0.4 is 70.8 Å². The largest absolute Gasteiger partial charge is 0.481 e. The van der Waals surface area contributed by atoms with Gasteiger partial charge in [0.25, 0.3) is 0 Å². The minimum atomic E-state index is -1.59. The number of rotatable bonds is 41. The first kappa shape index (κ1) is 80.7. The van der Waals surface area contributed by atoms with Crippen molar-refractivity contribution in [3.05, 3.63) is 90.1 Å². The average molecular weight is 1460 g/mol. The van der Waals surface area contributed by atoms with E-state index in [1.165, 1.54) is 22.3 Å². The topological polar surface area (TPSA) is 555 Å². The van der Waals surface area contributed by atoms with Crippen molar-refractivity contribution in [3.8, 4) is 0 Å². The van der Waals surface area contributed by atoms with E-state index >= 15 is 14.4 Å². The highest BCUT2D eigenvalue weighted by atomic mass is 32.1. The number of hydrogen-bond acceptors (Lipinski definition) is 19. The maximum absolute atomic E-state index is 15.1. The summed E-state index contributed by atoms with van der Waals surface area (Å²) < 4.78 is 0. The molecule has 37 heteroatoms. The first-order valence-corrected chi connectivity index (χ1v) is 34.6. The van der Waals surface area contributed by atoms with Gasteiger partial charge in [0.1, 0.15) is 66.5 Å². The zero-order valence-corrected chi connectivity index (χ0v) is 58.0. The van der Waals surface area contributed by atoms with Crippen molar-refractivity contribution in [2.75, 3.05) is 37.7 Å². The van der Waals surface area contributed by atoms with Crippen molar-refractivity contribution in [1.29, 1.82) is 0 Å². The van der Waals surface area contributed by atoms with Crippen LogP contribution in [0.25, 0.3) is 10.9 Å². The van der Waals surface area contributed by atoms with Gasteiger partial charge in [-0.3, -0.25) is 72.1 Å². The summed E-state index contributed by atoms with van der Waals surface area (Å²) in [6.07, 6.45) is 3.45. The minimum Gasteiger partial charge on any atom is -0.481 e. The molecule has 0 radical (unpaired) electrons. The molecule has 554 valence electrons. The lowest BCUT2D eigenvalue weighted by molar-refractivity contribution is -0.148. The Morgan fingerprint density at radius 2 is 1.11 bits per heavy atom. The number of imidazole rings is 1. The number of H-pyrrole nitrogens is 2. The second kappa shape index (κ2) is 40.2. The van der Waals surface area contributed by atoms with Gasteiger partial charge in [0.05, 0.1) is 12.7 Å². The predicted molar refractivity (Wildman–Crippen MR) is 376 cm³/mol. The number of guanidine groups is 1. The summed E-state index contributed by atoms with van der Waals surface area (Å²) in [7, 11) is 0. The molecule has 0 saturated carbocycles. The number of nitrogens with one attached hydrogen (secondary N) is 11. The highest BCUT2D eigenvalue weighted by Crippen LogP contribution is 2.27. The van der Waals surface area contributed by atoms with Gasteiger partial charge in [-0.2, -0.15) is 25.3 Å². The molecule has 4 heterocycles. The maximum atomic E-state index is 15.1. The Kier molecular flexibility index (Phi) is 31.8. The van der Waals surface area contributed by atoms with Crippen molar-refractivity contribution in [1.82, 2.24) is 72.6 Å². The number of aromatic nitrogens is 3. The monoisotopic (exact) mass is 1460 g/mol. The molecular formula is C65H91N19O16S2. The second-order valence-electron chi connectivity index (χ2n) is 24.7. The van der Waals surface area contributed by atoms with Gasteiger partial charge in [0.2, 0.25) is 70.9 Å². The van der Waals surface area contributed by atoms with E-state index in [4.69, 9.17) is 22.9 Å². The summed E-state index contributed by atoms with van der Waals surface area (Å²) in [5.41, 5.74) is 24.4. The summed E-state index contributed by atoms with van der Waals surface area (Å²) >= 11 is 8.60. The number of unbranched alkanes of at least 4 members (excludes halogenated alkanes) is 1. The number of carbonyl (C=O) groups excluding carboxylic acids is 12. The number of benzene rings is 2. The molecule has 21 N–H and O–H groups in total. The summed E-state index contributed by atoms with van der Waals surface area (Å²) in [6.45, 7) is 1.52. The van der Waals surface area contributed by atoms with Gasteiger partial charge in [0.15, 0.2) is 5.96 Å². The number of hydrogen-bond donors (Lipinski definition) is 19. The van der Waals surface area contributed by atoms with Crippen molar-refractivity contribution in [3.63, 3.8) is 0 Å². The van der Waals surface area contributed by atoms with Gasteiger partial charge < -0.3 is 101 Å². The number of carboxylic acid groups (broad SMARTS) is 2. The van der Waals surface area contributed by atoms with Crippen LogP contribution in [0, 0.1) is 0 Å². The Balaban J connectivity index is 1.26. The molecule has 4 aromatic rings. The number of aliphatic carboxylic acids is 2. The van der Waals surface area contributed by atoms with Crippen LogP contribution in [0.4, 0.5) is 0 Å². The van der Waals surface area contributed by atoms with Crippen molar-refractivity contribution in [2.45, 2.75) is 170 Å². The van der Waals surface area contributed by atoms with E-state index in [1.807, 2.05) is 0 Å². The molecule has 2 aliphatic rings. The van der Waals surface area contributed by atoms with Crippen LogP contribution in [-0.2, 0) is 86.4 Å². The molecule has 35 nitrogen and oxygen atoms in total. The van der Waals surface area contributed by atoms with E-state index in [2.05, 4.69) is 93.1 Å². The van der Waals surface area contributed by atoms with E-state index in [0.29, 0.717) is 53.4 Å². The van der Waals surface area contributed by atoms with Gasteiger partial charge in [0, 0.05) is 92.7 Å². The highest BCUT2D eigenvalue weighted by molar-refractivity contribution is 7.80. The molecule has 0 bridgehead atoms. The number of para-hydroxylation sites is 1. The zero-order valence-electron chi connectivity index (χ0n) is 56.2. The molecule has 12 amide bonds. The Bertz CT molecular complexity index is 3640. The van der Waals surface area contributed by atoms with Crippen LogP contribution in [0.5, 0.6) is 0 Å². The lowest BCUT2D eigenvalue weighted by Gasteiger charge is -2.33. The third-order valence-corrected chi connectivity index (χ3v) is 17.8. The number of aromatic amines is 2. The Morgan fingerprint density at radius 3 is 1.69 bits per heavy atom. The lowest BCUT2D eigenvalue weighted by atomic mass is 10.0. The molecule has 11 atom stereocenters. The SMILES string of the molecule is CC(=O)N[C@H](CS)C(=O)N[C@@H](CCC(=O)O)C(=O)N[C@@H](Cc1cnc[nH]1)C(=O)N[C@H](Cc1ccccc1)C(=O)N[C@@H](CCCN=C(N)N)C(=O)N[C@@H](Cc1c[nH]c2ccccc12)C(=O)N[C@@H](CS)C(=O)N1CCC[C@H]1C(=O)N1CCC[C@H]1C(=O)N[C@@H](CCCCN)C(=O)N[C@@H](CC(=O)O)C(N)=O. The molecule has 2 aliphatic heterocycles. The molecule has 0 spiro atoms. The number of aliphatic imine (C=N–C) groups is 1. The number of amides is 12. The van der Waals surface area contributed by atoms with E-state index in [1.54, 1.807) is 60.8 Å². The maximum Gasteiger partial charge on any atom is 0.305 e. The second-order valence-corrected chi connectivity index (χ2v) is 25.4. The molecule has 0 unspecified atom stereocenters. The number of fused-ring (bicyclic) bond motifs is 1. The van der Waals surface area contributed by atoms with Crippen molar-refractivity contribution < 1.29 is 77.3 Å². The number of primary amides is 1. The van der Waals surface area contributed by atoms with Gasteiger partial charge in [-0.15, -0.1) is 0 Å². The first-order chi connectivity index (χ1) is 48.7. The lowest BCUT2D eigenvalue weighted by Crippen LogP contribution is -2.61. The molecule has 0 aliphatic carbocycles. The standard InChI is InChI=1S/C65H91N19O16S2/c1-35(85)74-48(32-101)61(97)76-43(20-21-52(86)87)57(93)81-47(28-38-31-70-34-73-38)60(96)79-45(26-36-12-3-2-4-13-36)58(94)75-42(17-9-23-71-65(68)69)56(92)80-46(27-37-30-72-40-15-6-5-14-39(37)40)59(95)82-49(33-102)63(99)84-25-11-19-51(84)64(100)83-24-10-18-50(83)62(98)77-41(16-7-8-22-66)55(91)78-44(54(67)90)29-53(88)89/h2-6,12-15,30-31,34,41-51,72,101-102H,7-11,16-29,32-33,66H2,1H3,(H2,67,90)(H,70,73)(H,74,85)(H,75,94)(H,76,97)(H,77,98)(H,78,91)(H,79,96)(H,80,92)(H,81,93)(H,82,95)(H,86,87)(H,88,89)(H4,68,69,71)/t41-,42-,43-,44-,45+,46-,47-,48+,49-,50-,51-/m0/s1. The quantitative estimate of drug-likeness (QED) is 0.00875. The Hall–Kier alpha value is -10.3. The molecule has 2 saturated heterocycles. The van der Waals surface area contributed by atoms with Gasteiger partial charge in [-0.1, -0.05) is 48.5 Å². The Morgan fingerprint density at radius 1 is 0.578 bits per heavy atom. The van der Waals surface area contributed by atoms with Gasteiger partial charge >= 0.3 is 11.9 Å². The number of thiol groups is 2. The van der Waals surface area contributed by atoms with Crippen LogP contribution in [-0.4, -0.2) is 228 Å². The third kappa shape index (κ3) is 24.5. The predicted octanol–water partition coefficient (Wildman–Crippen LogP) is -3.85. The number of carboxylic acids is 2. The summed E-state index contributed by atoms with van der Waals surface area (Å²) in [5.74, 6) is -13.7. The summed E-state index contributed by atoms with van der Waals surface area (Å²) in [6, 6.07) is 0.0313. The highest BCUT2D eigenvalue weighted by Gasteiger charge is 2.45. The van der Waals surface area contributed by atoms with Crippen LogP contribution in [0.15, 0.2) is 78.3 Å². The van der Waals surface area contributed by atoms with Crippen LogP contribution in [0.3, 0.4) is 0 Å². The smallest absolute Gasteiger partial charge is 0.305 e. The third-order valence-electron chi connectivity index (χ3n) is 17.1. The fraction of sp³-hybridized carbons (Fsp3) is 0.508. The molecular weight excluding hydrogens is 1370 g/mol. The number of likely N-dealkylation sites (tertiary alicyclic amines) is 2. The van der Waals surface area contributed by atoms with Crippen LogP contribution >= 0.6 is 25.3 Å². The van der Waals surface area contributed by atoms with Crippen LogP contribution in [0.2, 0.25) is 0 Å². The molecule has 102 heavy (non-hydrogen) atoms. The molecule has 2 aromatic heterocycles. The summed E-state index contributed by atoms with van der Waals surface area (Å²) in [5, 5.41) is 42.9. The molecule has 2 aromatic carbocycles. The number of nitrogens with two attached hydrogens (primary N) is 4. The van der Waals surface area contributed by atoms with E-state index < -0.39 is 169 Å². The van der Waals surface area contributed by atoms with E-state index in [9.17, 15) is 63.0 Å². The molecule has 2 fully saturated rings.